The molecule has 2 atom stereocenters. The van der Waals surface area contributed by atoms with Crippen molar-refractivity contribution in [3.63, 3.8) is 0 Å². The summed E-state index contributed by atoms with van der Waals surface area (Å²) >= 11 is 1.35. The summed E-state index contributed by atoms with van der Waals surface area (Å²) in [5.41, 5.74) is 6.69. The molecule has 1 saturated heterocycles. The number of carboxylic acids is 1. The number of carboxylic acid groups (broad SMARTS) is 1. The summed E-state index contributed by atoms with van der Waals surface area (Å²) in [5, 5.41) is 18.8. The van der Waals surface area contributed by atoms with Crippen molar-refractivity contribution in [2.45, 2.75) is 18.0 Å². The highest BCUT2D eigenvalue weighted by atomic mass is 32.2. The number of nitrogen functional groups attached to an aromatic ring is 1. The summed E-state index contributed by atoms with van der Waals surface area (Å²) < 4.78 is 1.93. The van der Waals surface area contributed by atoms with E-state index in [2.05, 4.69) is 20.4 Å². The minimum absolute atomic E-state index is 0.0796. The van der Waals surface area contributed by atoms with E-state index in [-0.39, 0.29) is 29.6 Å². The van der Waals surface area contributed by atoms with Gasteiger partial charge in [0.25, 0.3) is 11.8 Å². The van der Waals surface area contributed by atoms with Gasteiger partial charge in [0, 0.05) is 35.0 Å². The number of oxime groups is 1. The molecule has 12 nitrogen and oxygen atoms in total. The van der Waals surface area contributed by atoms with Crippen molar-refractivity contribution in [1.29, 1.82) is 0 Å². The first kappa shape index (κ1) is 24.2. The Morgan fingerprint density at radius 3 is 2.84 bits per heavy atom. The number of nitrogens with one attached hydrogen (secondary N) is 1. The van der Waals surface area contributed by atoms with Crippen LogP contribution in [0.15, 0.2) is 71.3 Å². The van der Waals surface area contributed by atoms with Gasteiger partial charge in [0.15, 0.2) is 18.6 Å². The largest absolute Gasteiger partial charge is 0.543 e. The first-order valence-corrected chi connectivity index (χ1v) is 12.2. The number of fused-ring (bicyclic) bond motifs is 2. The van der Waals surface area contributed by atoms with E-state index in [0.29, 0.717) is 11.3 Å². The summed E-state index contributed by atoms with van der Waals surface area (Å²) in [6.07, 6.45) is 3.21. The number of rotatable bonds is 7. The first-order chi connectivity index (χ1) is 17.9. The third-order valence-corrected chi connectivity index (χ3v) is 7.30. The van der Waals surface area contributed by atoms with E-state index in [0.717, 1.165) is 10.9 Å². The molecular formula is C24H21N7O5S. The van der Waals surface area contributed by atoms with Gasteiger partial charge in [-0.1, -0.05) is 17.3 Å². The SMILES string of the molecule is CON=C(C(=O)NC1C(=O)N2C(C(=O)[O-])=C(C[n+]3cccc4ccccc43)CS[C@@H]12)c1nccc(N)n1. The smallest absolute Gasteiger partial charge is 0.278 e. The van der Waals surface area contributed by atoms with Crippen LogP contribution in [0.25, 0.3) is 10.9 Å². The number of hydrogen-bond acceptors (Lipinski definition) is 10. The number of aromatic nitrogens is 3. The summed E-state index contributed by atoms with van der Waals surface area (Å²) in [4.78, 5) is 52.0. The predicted molar refractivity (Wildman–Crippen MR) is 131 cm³/mol. The molecule has 3 N–H and O–H groups in total. The molecule has 188 valence electrons. The zero-order valence-electron chi connectivity index (χ0n) is 19.5. The van der Waals surface area contributed by atoms with Gasteiger partial charge in [0.2, 0.25) is 11.2 Å². The average molecular weight is 520 g/mol. The van der Waals surface area contributed by atoms with Crippen molar-refractivity contribution in [3.05, 3.63) is 72.0 Å². The molecule has 1 fully saturated rings. The van der Waals surface area contributed by atoms with Crippen molar-refractivity contribution in [2.24, 2.45) is 5.16 Å². The van der Waals surface area contributed by atoms with Crippen LogP contribution in [0.2, 0.25) is 0 Å². The van der Waals surface area contributed by atoms with Gasteiger partial charge in [-0.15, -0.1) is 11.8 Å². The summed E-state index contributed by atoms with van der Waals surface area (Å²) in [6, 6.07) is 12.0. The standard InChI is InChI=1S/C24H21N7O5S/c1-36-29-17(20-26-9-8-16(25)27-20)21(32)28-18-22(33)31-19(24(34)35)14(12-37-23(18)31)11-30-10-4-6-13-5-2-3-7-15(13)30/h2-10,18,23H,11-12H2,1H3,(H3-,25,26,27,28,32,34,35)/t18?,23-/m0/s1. The van der Waals surface area contributed by atoms with Crippen LogP contribution in [0.1, 0.15) is 5.82 Å². The van der Waals surface area contributed by atoms with Crippen LogP contribution in [-0.2, 0) is 25.8 Å². The number of nitrogens with two attached hydrogens (primary N) is 1. The summed E-state index contributed by atoms with van der Waals surface area (Å²) in [6.45, 7) is 0.266. The van der Waals surface area contributed by atoms with Crippen molar-refractivity contribution in [1.82, 2.24) is 20.2 Å². The van der Waals surface area contributed by atoms with Gasteiger partial charge in [-0.3, -0.25) is 14.5 Å². The molecule has 1 aromatic carbocycles. The van der Waals surface area contributed by atoms with E-state index in [1.165, 1.54) is 36.0 Å². The number of pyridine rings is 1. The van der Waals surface area contributed by atoms with E-state index in [9.17, 15) is 19.5 Å². The molecule has 0 aliphatic carbocycles. The fourth-order valence-electron chi connectivity index (χ4n) is 4.33. The van der Waals surface area contributed by atoms with Gasteiger partial charge in [-0.2, -0.15) is 4.57 Å². The predicted octanol–water partition coefficient (Wildman–Crippen LogP) is -1.05. The van der Waals surface area contributed by atoms with Crippen LogP contribution < -0.4 is 20.7 Å². The van der Waals surface area contributed by atoms with Gasteiger partial charge in [-0.25, -0.2) is 9.97 Å². The number of carbonyl (C=O) groups is 3. The Kier molecular flexibility index (Phi) is 6.44. The molecule has 0 spiro atoms. The lowest BCUT2D eigenvalue weighted by atomic mass is 10.0. The van der Waals surface area contributed by atoms with E-state index in [1.807, 2.05) is 47.2 Å². The molecule has 13 heteroatoms. The van der Waals surface area contributed by atoms with E-state index < -0.39 is 29.2 Å². The van der Waals surface area contributed by atoms with Crippen molar-refractivity contribution in [3.8, 4) is 0 Å². The van der Waals surface area contributed by atoms with Gasteiger partial charge < -0.3 is 25.8 Å². The number of hydrogen-bond donors (Lipinski definition) is 2. The average Bonchev–Trinajstić information content (AvgIpc) is 2.90. The fourth-order valence-corrected chi connectivity index (χ4v) is 5.66. The number of carbonyl (C=O) groups excluding carboxylic acids is 3. The molecule has 3 aromatic rings. The number of anilines is 1. The van der Waals surface area contributed by atoms with E-state index >= 15 is 0 Å². The third kappa shape index (κ3) is 4.44. The van der Waals surface area contributed by atoms with Crippen molar-refractivity contribution < 1.29 is 28.9 Å². The molecule has 2 amide bonds. The Balaban J connectivity index is 1.39. The topological polar surface area (TPSA) is 167 Å². The van der Waals surface area contributed by atoms with Crippen molar-refractivity contribution in [2.75, 3.05) is 18.6 Å². The number of nitrogens with zero attached hydrogens (tertiary/aromatic N) is 5. The maximum absolute atomic E-state index is 13.1. The van der Waals surface area contributed by atoms with Gasteiger partial charge in [-0.05, 0) is 18.2 Å². The molecule has 1 unspecified atom stereocenters. The number of β-lactam (4-membered cyclic amide) rings is 1. The number of amides is 2. The molecule has 4 heterocycles. The quantitative estimate of drug-likeness (QED) is 0.171. The van der Waals surface area contributed by atoms with Gasteiger partial charge in [0.05, 0.1) is 11.7 Å². The Hall–Kier alpha value is -4.52. The maximum atomic E-state index is 13.1. The van der Waals surface area contributed by atoms with Crippen molar-refractivity contribution >= 4 is 52.0 Å². The van der Waals surface area contributed by atoms with Crippen LogP contribution in [0.4, 0.5) is 5.82 Å². The molecule has 2 aliphatic heterocycles. The lowest BCUT2D eigenvalue weighted by Crippen LogP contribution is -2.71. The number of benzene rings is 1. The minimum atomic E-state index is -1.45. The molecule has 37 heavy (non-hydrogen) atoms. The number of thioether (sulfide) groups is 1. The first-order valence-electron chi connectivity index (χ1n) is 11.1. The van der Waals surface area contributed by atoms with Gasteiger partial charge >= 0.3 is 0 Å². The zero-order chi connectivity index (χ0) is 26.1. The van der Waals surface area contributed by atoms with Gasteiger partial charge in [0.1, 0.15) is 24.3 Å². The number of aliphatic carboxylic acids is 1. The Bertz CT molecular complexity index is 1490. The second kappa shape index (κ2) is 9.85. The molecule has 0 saturated carbocycles. The second-order valence-corrected chi connectivity index (χ2v) is 9.33. The lowest BCUT2D eigenvalue weighted by molar-refractivity contribution is -0.663. The van der Waals surface area contributed by atoms with Crippen LogP contribution in [0, 0.1) is 0 Å². The summed E-state index contributed by atoms with van der Waals surface area (Å²) in [7, 11) is 1.25. The highest BCUT2D eigenvalue weighted by Gasteiger charge is 2.53. The monoisotopic (exact) mass is 519 g/mol. The normalized spacial score (nSPS) is 19.3. The molecule has 2 aliphatic rings. The molecule has 0 radical (unpaired) electrons. The molecule has 5 rings (SSSR count). The van der Waals surface area contributed by atoms with Crippen LogP contribution in [-0.4, -0.2) is 62.6 Å². The van der Waals surface area contributed by atoms with E-state index in [1.54, 1.807) is 0 Å². The highest BCUT2D eigenvalue weighted by Crippen LogP contribution is 2.40. The fraction of sp³-hybridized carbons (Fsp3) is 0.208. The summed E-state index contributed by atoms with van der Waals surface area (Å²) in [5.74, 6) is -2.41. The zero-order valence-corrected chi connectivity index (χ0v) is 20.3. The lowest BCUT2D eigenvalue weighted by Gasteiger charge is -2.50. The van der Waals surface area contributed by atoms with E-state index in [4.69, 9.17) is 10.6 Å². The maximum Gasteiger partial charge on any atom is 0.278 e. The Labute approximate surface area is 214 Å². The molecular weight excluding hydrogens is 498 g/mol. The number of para-hydroxylation sites is 1. The molecule has 0 bridgehead atoms. The Morgan fingerprint density at radius 2 is 2.08 bits per heavy atom. The minimum Gasteiger partial charge on any atom is -0.543 e. The van der Waals surface area contributed by atoms with Crippen LogP contribution in [0.3, 0.4) is 0 Å². The van der Waals surface area contributed by atoms with Crippen LogP contribution >= 0.6 is 11.8 Å². The second-order valence-electron chi connectivity index (χ2n) is 8.22. The van der Waals surface area contributed by atoms with Crippen LogP contribution in [0.5, 0.6) is 0 Å². The Morgan fingerprint density at radius 1 is 1.30 bits per heavy atom. The highest BCUT2D eigenvalue weighted by molar-refractivity contribution is 8.00. The molecule has 2 aromatic heterocycles. The third-order valence-electron chi connectivity index (χ3n) is 5.96.